The monoisotopic (exact) mass is 421 g/mol. The van der Waals surface area contributed by atoms with Crippen LogP contribution in [0, 0.1) is 3.57 Å². The van der Waals surface area contributed by atoms with Crippen molar-refractivity contribution in [3.8, 4) is 0 Å². The zero-order valence-corrected chi connectivity index (χ0v) is 14.7. The van der Waals surface area contributed by atoms with Gasteiger partial charge in [0.25, 0.3) is 0 Å². The third-order valence-corrected chi connectivity index (χ3v) is 5.08. The van der Waals surface area contributed by atoms with Gasteiger partial charge >= 0.3 is 0 Å². The van der Waals surface area contributed by atoms with Crippen molar-refractivity contribution in [1.29, 1.82) is 0 Å². The summed E-state index contributed by atoms with van der Waals surface area (Å²) in [6, 6.07) is 9.44. The molecule has 1 aliphatic rings. The van der Waals surface area contributed by atoms with Gasteiger partial charge < -0.3 is 5.73 Å². The van der Waals surface area contributed by atoms with Crippen LogP contribution in [-0.2, 0) is 6.54 Å². The predicted molar refractivity (Wildman–Crippen MR) is 95.3 cm³/mol. The first-order valence-electron chi connectivity index (χ1n) is 6.42. The quantitative estimate of drug-likeness (QED) is 0.759. The minimum Gasteiger partial charge on any atom is -0.375 e. The highest BCUT2D eigenvalue weighted by Gasteiger charge is 2.26. The zero-order valence-electron chi connectivity index (χ0n) is 11.0. The van der Waals surface area contributed by atoms with E-state index in [9.17, 15) is 0 Å². The first-order valence-corrected chi connectivity index (χ1v) is 8.31. The van der Waals surface area contributed by atoms with Crippen molar-refractivity contribution in [1.82, 2.24) is 9.88 Å². The molecule has 1 aromatic heterocycles. The van der Waals surface area contributed by atoms with Gasteiger partial charge in [0.15, 0.2) is 5.13 Å². The van der Waals surface area contributed by atoms with E-state index in [0.717, 1.165) is 13.1 Å². The highest BCUT2D eigenvalue weighted by atomic mass is 127. The number of thiazole rings is 1. The highest BCUT2D eigenvalue weighted by molar-refractivity contribution is 14.1. The zero-order chi connectivity index (χ0) is 13.2. The molecule has 1 aliphatic heterocycles. The van der Waals surface area contributed by atoms with Crippen molar-refractivity contribution in [3.05, 3.63) is 44.5 Å². The normalized spacial score (nSPS) is 18.9. The number of hydrogen-bond donors (Lipinski definition) is 1. The minimum absolute atomic E-state index is 0. The first-order chi connectivity index (χ1) is 9.22. The minimum atomic E-state index is 0. The van der Waals surface area contributed by atoms with Crippen LogP contribution in [-0.4, -0.2) is 16.4 Å². The Hall–Kier alpha value is -0.370. The van der Waals surface area contributed by atoms with Crippen LogP contribution >= 0.6 is 46.3 Å². The molecule has 1 aromatic carbocycles. The molecule has 2 aromatic rings. The molecule has 6 heteroatoms. The smallest absolute Gasteiger partial charge is 0.180 e. The van der Waals surface area contributed by atoms with Crippen molar-refractivity contribution in [2.24, 2.45) is 0 Å². The fourth-order valence-corrected chi connectivity index (χ4v) is 3.74. The lowest BCUT2D eigenvalue weighted by Crippen LogP contribution is -2.22. The lowest BCUT2D eigenvalue weighted by atomic mass is 10.0. The topological polar surface area (TPSA) is 42.1 Å². The Morgan fingerprint density at radius 3 is 2.75 bits per heavy atom. The van der Waals surface area contributed by atoms with Crippen molar-refractivity contribution in [2.45, 2.75) is 25.4 Å². The third-order valence-electron chi connectivity index (χ3n) is 3.55. The molecule has 1 fully saturated rings. The van der Waals surface area contributed by atoms with Crippen molar-refractivity contribution < 1.29 is 0 Å². The number of rotatable bonds is 3. The molecule has 0 aliphatic carbocycles. The fraction of sp³-hybridized carbons (Fsp3) is 0.357. The van der Waals surface area contributed by atoms with Gasteiger partial charge in [-0.25, -0.2) is 4.98 Å². The second-order valence-electron chi connectivity index (χ2n) is 4.84. The summed E-state index contributed by atoms with van der Waals surface area (Å²) in [7, 11) is 0. The van der Waals surface area contributed by atoms with Crippen LogP contribution in [0.1, 0.15) is 29.3 Å². The second-order valence-corrected chi connectivity index (χ2v) is 7.24. The van der Waals surface area contributed by atoms with Gasteiger partial charge in [-0.05, 0) is 59.7 Å². The van der Waals surface area contributed by atoms with Gasteiger partial charge in [0.2, 0.25) is 0 Å². The number of anilines is 1. The largest absolute Gasteiger partial charge is 0.375 e. The number of benzene rings is 1. The van der Waals surface area contributed by atoms with Crippen LogP contribution in [0.3, 0.4) is 0 Å². The Labute approximate surface area is 143 Å². The molecule has 2 heterocycles. The van der Waals surface area contributed by atoms with Gasteiger partial charge in [-0.1, -0.05) is 12.1 Å². The lowest BCUT2D eigenvalue weighted by Gasteiger charge is -2.24. The summed E-state index contributed by atoms with van der Waals surface area (Å²) < 4.78 is 1.29. The first kappa shape index (κ1) is 16.0. The maximum absolute atomic E-state index is 5.70. The van der Waals surface area contributed by atoms with Gasteiger partial charge in [0, 0.05) is 27.2 Å². The van der Waals surface area contributed by atoms with Crippen LogP contribution in [0.15, 0.2) is 30.5 Å². The molecule has 1 atom stereocenters. The number of nitrogens with two attached hydrogens (primary N) is 1. The van der Waals surface area contributed by atoms with E-state index < -0.39 is 0 Å². The number of hydrogen-bond acceptors (Lipinski definition) is 4. The van der Waals surface area contributed by atoms with Gasteiger partial charge in [-0.2, -0.15) is 0 Å². The van der Waals surface area contributed by atoms with Gasteiger partial charge in [-0.15, -0.1) is 23.7 Å². The SMILES string of the molecule is Cl.Nc1ncc(CN2CCCC2c2ccc(I)cc2)s1. The predicted octanol–water partition coefficient (Wildman–Crippen LogP) is 4.09. The van der Waals surface area contributed by atoms with E-state index >= 15 is 0 Å². The molecule has 0 amide bonds. The molecular weight excluding hydrogens is 405 g/mol. The van der Waals surface area contributed by atoms with Crippen LogP contribution in [0.5, 0.6) is 0 Å². The van der Waals surface area contributed by atoms with Gasteiger partial charge in [0.1, 0.15) is 0 Å². The van der Waals surface area contributed by atoms with E-state index in [1.807, 2.05) is 6.20 Å². The average Bonchev–Trinajstić information content (AvgIpc) is 3.00. The molecule has 20 heavy (non-hydrogen) atoms. The Bertz CT molecular complexity index is 558. The molecular formula is C14H17ClIN3S. The molecule has 2 N–H and O–H groups in total. The number of nitrogens with zero attached hydrogens (tertiary/aromatic N) is 2. The van der Waals surface area contributed by atoms with Crippen molar-refractivity contribution in [2.75, 3.05) is 12.3 Å². The standard InChI is InChI=1S/C14H16IN3S.ClH/c15-11-5-3-10(4-6-11)13-2-1-7-18(13)9-12-8-17-14(16)19-12;/h3-6,8,13H,1-2,7,9H2,(H2,16,17);1H. The summed E-state index contributed by atoms with van der Waals surface area (Å²) in [6.45, 7) is 2.12. The van der Waals surface area contributed by atoms with Crippen molar-refractivity contribution >= 4 is 51.5 Å². The fourth-order valence-electron chi connectivity index (χ4n) is 2.67. The molecule has 0 radical (unpaired) electrons. The molecule has 1 saturated heterocycles. The van der Waals surface area contributed by atoms with E-state index in [1.165, 1.54) is 26.9 Å². The molecule has 3 nitrogen and oxygen atoms in total. The summed E-state index contributed by atoms with van der Waals surface area (Å²) in [4.78, 5) is 7.93. The summed E-state index contributed by atoms with van der Waals surface area (Å²) in [5, 5.41) is 0.667. The highest BCUT2D eigenvalue weighted by Crippen LogP contribution is 2.34. The maximum atomic E-state index is 5.70. The molecule has 0 saturated carbocycles. The molecule has 0 spiro atoms. The molecule has 1 unspecified atom stereocenters. The van der Waals surface area contributed by atoms with Gasteiger partial charge in [0.05, 0.1) is 0 Å². The maximum Gasteiger partial charge on any atom is 0.180 e. The van der Waals surface area contributed by atoms with E-state index in [-0.39, 0.29) is 12.4 Å². The van der Waals surface area contributed by atoms with Crippen molar-refractivity contribution in [3.63, 3.8) is 0 Å². The summed E-state index contributed by atoms with van der Waals surface area (Å²) >= 11 is 3.95. The Morgan fingerprint density at radius 2 is 2.10 bits per heavy atom. The molecule has 3 rings (SSSR count). The molecule has 0 bridgehead atoms. The Morgan fingerprint density at radius 1 is 1.35 bits per heavy atom. The van der Waals surface area contributed by atoms with Gasteiger partial charge in [-0.3, -0.25) is 4.90 Å². The lowest BCUT2D eigenvalue weighted by molar-refractivity contribution is 0.250. The number of halogens is 2. The number of nitrogen functional groups attached to an aromatic ring is 1. The van der Waals surface area contributed by atoms with E-state index in [1.54, 1.807) is 11.3 Å². The Kier molecular flexibility index (Phi) is 5.65. The van der Waals surface area contributed by atoms with E-state index in [4.69, 9.17) is 5.73 Å². The average molecular weight is 422 g/mol. The summed E-state index contributed by atoms with van der Waals surface area (Å²) in [5.41, 5.74) is 7.13. The molecule has 108 valence electrons. The van der Waals surface area contributed by atoms with Crippen LogP contribution in [0.25, 0.3) is 0 Å². The Balaban J connectivity index is 0.00000147. The number of aromatic nitrogens is 1. The summed E-state index contributed by atoms with van der Waals surface area (Å²) in [5.74, 6) is 0. The number of likely N-dealkylation sites (tertiary alicyclic amines) is 1. The van der Waals surface area contributed by atoms with E-state index in [0.29, 0.717) is 11.2 Å². The van der Waals surface area contributed by atoms with Crippen LogP contribution < -0.4 is 5.73 Å². The third kappa shape index (κ3) is 3.63. The van der Waals surface area contributed by atoms with Crippen LogP contribution in [0.4, 0.5) is 5.13 Å². The van der Waals surface area contributed by atoms with E-state index in [2.05, 4.69) is 56.7 Å². The van der Waals surface area contributed by atoms with Crippen LogP contribution in [0.2, 0.25) is 0 Å². The second kappa shape index (κ2) is 7.06. The summed E-state index contributed by atoms with van der Waals surface area (Å²) in [6.07, 6.45) is 4.42.